The van der Waals surface area contributed by atoms with Gasteiger partial charge in [-0.3, -0.25) is 4.98 Å². The second-order valence-corrected chi connectivity index (χ2v) is 5.53. The van der Waals surface area contributed by atoms with Crippen molar-refractivity contribution in [2.75, 3.05) is 0 Å². The Bertz CT molecular complexity index is 942. The normalized spacial score (nSPS) is 11.1. The topological polar surface area (TPSA) is 12.9 Å². The number of benzene rings is 3. The summed E-state index contributed by atoms with van der Waals surface area (Å²) in [5.74, 6) is 0. The molecule has 0 fully saturated rings. The molecule has 4 rings (SSSR count). The molecule has 21 heavy (non-hydrogen) atoms. The van der Waals surface area contributed by atoms with Gasteiger partial charge >= 0.3 is 0 Å². The summed E-state index contributed by atoms with van der Waals surface area (Å²) in [4.78, 5) is 4.68. The van der Waals surface area contributed by atoms with Gasteiger partial charge in [-0.1, -0.05) is 60.1 Å². The molecule has 0 N–H and O–H groups in total. The van der Waals surface area contributed by atoms with E-state index in [2.05, 4.69) is 47.4 Å². The molecule has 2 heteroatoms. The van der Waals surface area contributed by atoms with Crippen LogP contribution < -0.4 is 0 Å². The Labute approximate surface area is 127 Å². The lowest BCUT2D eigenvalue weighted by molar-refractivity contribution is 1.42. The van der Waals surface area contributed by atoms with Gasteiger partial charge in [-0.15, -0.1) is 0 Å². The molecule has 0 radical (unpaired) electrons. The van der Waals surface area contributed by atoms with Gasteiger partial charge in [0.05, 0.1) is 5.52 Å². The van der Waals surface area contributed by atoms with Crippen molar-refractivity contribution in [3.8, 4) is 11.1 Å². The van der Waals surface area contributed by atoms with Crippen LogP contribution in [-0.4, -0.2) is 4.98 Å². The fourth-order valence-electron chi connectivity index (χ4n) is 2.67. The third-order valence-corrected chi connectivity index (χ3v) is 4.01. The van der Waals surface area contributed by atoms with Gasteiger partial charge in [-0.05, 0) is 29.1 Å². The molecular weight excluding hydrogens is 278 g/mol. The average Bonchev–Trinajstić information content (AvgIpc) is 2.55. The summed E-state index contributed by atoms with van der Waals surface area (Å²) in [6, 6.07) is 22.6. The highest BCUT2D eigenvalue weighted by molar-refractivity contribution is 6.30. The molecule has 1 nitrogen and oxygen atoms in total. The van der Waals surface area contributed by atoms with Gasteiger partial charge in [0.1, 0.15) is 0 Å². The summed E-state index contributed by atoms with van der Waals surface area (Å²) in [6.07, 6.45) is 1.93. The number of fused-ring (bicyclic) bond motifs is 3. The highest BCUT2D eigenvalue weighted by Gasteiger charge is 2.04. The van der Waals surface area contributed by atoms with Crippen LogP contribution in [0, 0.1) is 0 Å². The SMILES string of the molecule is Clc1ccc(-c2cnc3c(ccc4ccccc43)c2)cc1. The quantitative estimate of drug-likeness (QED) is 0.409. The molecule has 0 amide bonds. The number of nitrogens with zero attached hydrogens (tertiary/aromatic N) is 1. The van der Waals surface area contributed by atoms with E-state index in [0.29, 0.717) is 0 Å². The lowest BCUT2D eigenvalue weighted by atomic mass is 10.0. The van der Waals surface area contributed by atoms with Crippen LogP contribution in [0.25, 0.3) is 32.8 Å². The van der Waals surface area contributed by atoms with E-state index in [9.17, 15) is 0 Å². The van der Waals surface area contributed by atoms with E-state index in [4.69, 9.17) is 11.6 Å². The van der Waals surface area contributed by atoms with Crippen LogP contribution in [0.4, 0.5) is 0 Å². The van der Waals surface area contributed by atoms with Crippen molar-refractivity contribution < 1.29 is 0 Å². The third-order valence-electron chi connectivity index (χ3n) is 3.75. The molecule has 4 aromatic rings. The minimum atomic E-state index is 0.749. The monoisotopic (exact) mass is 289 g/mol. The van der Waals surface area contributed by atoms with Gasteiger partial charge in [-0.25, -0.2) is 0 Å². The Balaban J connectivity index is 1.94. The first-order chi connectivity index (χ1) is 10.3. The second-order valence-electron chi connectivity index (χ2n) is 5.09. The zero-order valence-electron chi connectivity index (χ0n) is 11.3. The van der Waals surface area contributed by atoms with Crippen molar-refractivity contribution in [3.63, 3.8) is 0 Å². The largest absolute Gasteiger partial charge is 0.255 e. The third kappa shape index (κ3) is 2.16. The summed E-state index contributed by atoms with van der Waals surface area (Å²) in [7, 11) is 0. The Morgan fingerprint density at radius 1 is 0.714 bits per heavy atom. The fraction of sp³-hybridized carbons (Fsp3) is 0. The number of halogens is 1. The Hall–Kier alpha value is -2.38. The molecule has 0 bridgehead atoms. The second kappa shape index (κ2) is 4.87. The van der Waals surface area contributed by atoms with Crippen LogP contribution in [-0.2, 0) is 0 Å². The van der Waals surface area contributed by atoms with E-state index in [1.807, 2.05) is 30.5 Å². The average molecular weight is 290 g/mol. The Kier molecular flexibility index (Phi) is 2.87. The molecule has 1 heterocycles. The van der Waals surface area contributed by atoms with Crippen molar-refractivity contribution in [1.29, 1.82) is 0 Å². The van der Waals surface area contributed by atoms with Crippen molar-refractivity contribution in [2.24, 2.45) is 0 Å². The predicted octanol–water partition coefficient (Wildman–Crippen LogP) is 5.71. The summed E-state index contributed by atoms with van der Waals surface area (Å²) < 4.78 is 0. The molecule has 0 aliphatic heterocycles. The molecule has 0 saturated heterocycles. The zero-order chi connectivity index (χ0) is 14.2. The first-order valence-corrected chi connectivity index (χ1v) is 7.22. The number of pyridine rings is 1. The zero-order valence-corrected chi connectivity index (χ0v) is 12.0. The van der Waals surface area contributed by atoms with Crippen LogP contribution in [0.1, 0.15) is 0 Å². The standard InChI is InChI=1S/C19H12ClN/c20-17-9-7-13(8-10-17)16-11-15-6-5-14-3-1-2-4-18(14)19(15)21-12-16/h1-12H. The lowest BCUT2D eigenvalue weighted by Gasteiger charge is -2.06. The molecule has 1 aromatic heterocycles. The summed E-state index contributed by atoms with van der Waals surface area (Å²) in [6.45, 7) is 0. The summed E-state index contributed by atoms with van der Waals surface area (Å²) in [5.41, 5.74) is 3.28. The van der Waals surface area contributed by atoms with E-state index in [1.54, 1.807) is 0 Å². The number of hydrogen-bond acceptors (Lipinski definition) is 1. The molecular formula is C19H12ClN. The van der Waals surface area contributed by atoms with Gasteiger partial charge in [0, 0.05) is 27.6 Å². The maximum atomic E-state index is 5.94. The van der Waals surface area contributed by atoms with Gasteiger partial charge in [0.15, 0.2) is 0 Å². The van der Waals surface area contributed by atoms with E-state index in [0.717, 1.165) is 27.1 Å². The van der Waals surface area contributed by atoms with E-state index >= 15 is 0 Å². The maximum absolute atomic E-state index is 5.94. The van der Waals surface area contributed by atoms with Crippen molar-refractivity contribution in [3.05, 3.63) is 77.9 Å². The van der Waals surface area contributed by atoms with Crippen LogP contribution in [0.5, 0.6) is 0 Å². The van der Waals surface area contributed by atoms with Crippen molar-refractivity contribution >= 4 is 33.3 Å². The minimum absolute atomic E-state index is 0.749. The number of rotatable bonds is 1. The molecule has 0 saturated carbocycles. The molecule has 0 unspecified atom stereocenters. The van der Waals surface area contributed by atoms with Crippen molar-refractivity contribution in [1.82, 2.24) is 4.98 Å². The smallest absolute Gasteiger partial charge is 0.0780 e. The maximum Gasteiger partial charge on any atom is 0.0780 e. The minimum Gasteiger partial charge on any atom is -0.255 e. The highest BCUT2D eigenvalue weighted by atomic mass is 35.5. The van der Waals surface area contributed by atoms with Crippen LogP contribution in [0.2, 0.25) is 5.02 Å². The Morgan fingerprint density at radius 2 is 1.48 bits per heavy atom. The first kappa shape index (κ1) is 12.4. The lowest BCUT2D eigenvalue weighted by Crippen LogP contribution is -1.85. The summed E-state index contributed by atoms with van der Waals surface area (Å²) in [5, 5.41) is 4.31. The van der Waals surface area contributed by atoms with E-state index in [-0.39, 0.29) is 0 Å². The van der Waals surface area contributed by atoms with Gasteiger partial charge < -0.3 is 0 Å². The Morgan fingerprint density at radius 3 is 2.33 bits per heavy atom. The van der Waals surface area contributed by atoms with Gasteiger partial charge in [0.25, 0.3) is 0 Å². The van der Waals surface area contributed by atoms with E-state index in [1.165, 1.54) is 10.8 Å². The van der Waals surface area contributed by atoms with Gasteiger partial charge in [-0.2, -0.15) is 0 Å². The fourth-order valence-corrected chi connectivity index (χ4v) is 2.80. The van der Waals surface area contributed by atoms with Crippen LogP contribution >= 0.6 is 11.6 Å². The molecule has 0 spiro atoms. The number of aromatic nitrogens is 1. The molecule has 0 aliphatic rings. The summed E-state index contributed by atoms with van der Waals surface area (Å²) >= 11 is 5.94. The predicted molar refractivity (Wildman–Crippen MR) is 89.7 cm³/mol. The van der Waals surface area contributed by atoms with Crippen LogP contribution in [0.3, 0.4) is 0 Å². The van der Waals surface area contributed by atoms with Crippen LogP contribution in [0.15, 0.2) is 72.9 Å². The molecule has 0 atom stereocenters. The number of hydrogen-bond donors (Lipinski definition) is 0. The van der Waals surface area contributed by atoms with E-state index < -0.39 is 0 Å². The molecule has 100 valence electrons. The van der Waals surface area contributed by atoms with Crippen molar-refractivity contribution in [2.45, 2.75) is 0 Å². The molecule has 3 aromatic carbocycles. The first-order valence-electron chi connectivity index (χ1n) is 6.85. The molecule has 0 aliphatic carbocycles. The van der Waals surface area contributed by atoms with Gasteiger partial charge in [0.2, 0.25) is 0 Å². The highest BCUT2D eigenvalue weighted by Crippen LogP contribution is 2.28.